The van der Waals surface area contributed by atoms with Crippen LogP contribution in [0.15, 0.2) is 59.4 Å². The number of carbonyl (C=O) groups excluding carboxylic acids is 3. The molecule has 0 spiro atoms. The quantitative estimate of drug-likeness (QED) is 0.547. The number of ether oxygens (including phenoxy) is 1. The number of fused-ring (bicyclic) bond motifs is 1. The fraction of sp³-hybridized carbons (Fsp3) is 0.200. The van der Waals surface area contributed by atoms with Gasteiger partial charge in [0.05, 0.1) is 23.9 Å². The number of nitrogens with zero attached hydrogens (tertiary/aromatic N) is 3. The summed E-state index contributed by atoms with van der Waals surface area (Å²) >= 11 is 0. The smallest absolute Gasteiger partial charge is 0.262 e. The molecule has 1 aromatic heterocycles. The van der Waals surface area contributed by atoms with E-state index >= 15 is 0 Å². The number of nitrogens with one attached hydrogen (secondary N) is 1. The number of aromatic nitrogens is 1. The lowest BCUT2D eigenvalue weighted by molar-refractivity contribution is 0.0746. The Bertz CT molecular complexity index is 1390. The van der Waals surface area contributed by atoms with Crippen LogP contribution in [0.3, 0.4) is 0 Å². The van der Waals surface area contributed by atoms with Crippen molar-refractivity contribution in [3.63, 3.8) is 0 Å². The van der Waals surface area contributed by atoms with Crippen molar-refractivity contribution in [1.82, 2.24) is 14.8 Å². The minimum absolute atomic E-state index is 0.00701. The van der Waals surface area contributed by atoms with E-state index in [4.69, 9.17) is 10.5 Å². The van der Waals surface area contributed by atoms with Gasteiger partial charge in [-0.05, 0) is 48.5 Å². The highest BCUT2D eigenvalue weighted by Gasteiger charge is 2.32. The van der Waals surface area contributed by atoms with Crippen molar-refractivity contribution < 1.29 is 19.1 Å². The lowest BCUT2D eigenvalue weighted by atomic mass is 10.1. The average Bonchev–Trinajstić information content (AvgIpc) is 3.17. The summed E-state index contributed by atoms with van der Waals surface area (Å²) in [4.78, 5) is 53.3. The van der Waals surface area contributed by atoms with Crippen LogP contribution in [0.1, 0.15) is 31.1 Å². The third kappa shape index (κ3) is 3.88. The summed E-state index contributed by atoms with van der Waals surface area (Å²) < 4.78 is 6.36. The predicted molar refractivity (Wildman–Crippen MR) is 129 cm³/mol. The maximum atomic E-state index is 12.8. The van der Waals surface area contributed by atoms with Crippen molar-refractivity contribution in [3.8, 4) is 11.4 Å². The standard InChI is InChI=1S/C25H23N5O5/c1-35-18-8-2-15(3-9-18)25(34)29-12-10-28(11-13-29)16-4-6-17(7-5-16)30-20(31)14-19-21(22(30)26)24(33)27-23(19)32/h2-9,14H,10-13,26H2,1H3,(H,27,32,33). The molecule has 10 nitrogen and oxygen atoms in total. The number of nitrogens with two attached hydrogens (primary N) is 1. The molecule has 0 atom stereocenters. The van der Waals surface area contributed by atoms with E-state index in [-0.39, 0.29) is 22.9 Å². The molecule has 3 amide bonds. The monoisotopic (exact) mass is 473 g/mol. The molecule has 3 N–H and O–H groups in total. The molecule has 0 saturated carbocycles. The van der Waals surface area contributed by atoms with Gasteiger partial charge < -0.3 is 20.3 Å². The van der Waals surface area contributed by atoms with Crippen molar-refractivity contribution >= 4 is 29.2 Å². The molecule has 178 valence electrons. The maximum absolute atomic E-state index is 12.8. The van der Waals surface area contributed by atoms with Crippen LogP contribution in [0.4, 0.5) is 11.5 Å². The van der Waals surface area contributed by atoms with Gasteiger partial charge in [0.1, 0.15) is 11.6 Å². The summed E-state index contributed by atoms with van der Waals surface area (Å²) in [5.74, 6) is -0.628. The number of hydrogen-bond donors (Lipinski definition) is 2. The van der Waals surface area contributed by atoms with Gasteiger partial charge >= 0.3 is 0 Å². The number of imide groups is 1. The lowest BCUT2D eigenvalue weighted by Crippen LogP contribution is -2.48. The number of carbonyl (C=O) groups is 3. The second kappa shape index (κ2) is 8.64. The summed E-state index contributed by atoms with van der Waals surface area (Å²) in [7, 11) is 1.59. The van der Waals surface area contributed by atoms with Crippen molar-refractivity contribution in [2.75, 3.05) is 43.9 Å². The highest BCUT2D eigenvalue weighted by Crippen LogP contribution is 2.25. The fourth-order valence-corrected chi connectivity index (χ4v) is 4.44. The van der Waals surface area contributed by atoms with Gasteiger partial charge in [-0.15, -0.1) is 0 Å². The molecule has 10 heteroatoms. The highest BCUT2D eigenvalue weighted by molar-refractivity contribution is 6.23. The zero-order valence-corrected chi connectivity index (χ0v) is 19.0. The van der Waals surface area contributed by atoms with Crippen molar-refractivity contribution in [1.29, 1.82) is 0 Å². The van der Waals surface area contributed by atoms with E-state index in [9.17, 15) is 19.2 Å². The normalized spacial score (nSPS) is 15.1. The number of hydrogen-bond acceptors (Lipinski definition) is 7. The Kier molecular flexibility index (Phi) is 5.48. The molecule has 2 aliphatic heterocycles. The van der Waals surface area contributed by atoms with E-state index in [2.05, 4.69) is 10.2 Å². The summed E-state index contributed by atoms with van der Waals surface area (Å²) in [6.45, 7) is 2.47. The summed E-state index contributed by atoms with van der Waals surface area (Å²) in [6.07, 6.45) is 0. The van der Waals surface area contributed by atoms with E-state index in [1.54, 1.807) is 43.5 Å². The van der Waals surface area contributed by atoms with E-state index in [0.717, 1.165) is 11.8 Å². The first-order valence-corrected chi connectivity index (χ1v) is 11.1. The van der Waals surface area contributed by atoms with Crippen LogP contribution in [0.25, 0.3) is 5.69 Å². The first kappa shape index (κ1) is 22.2. The molecule has 3 heterocycles. The van der Waals surface area contributed by atoms with Crippen molar-refractivity contribution in [2.45, 2.75) is 0 Å². The van der Waals surface area contributed by atoms with E-state index in [1.165, 1.54) is 4.57 Å². The Labute approximate surface area is 200 Å². The number of piperazine rings is 1. The molecule has 2 aromatic carbocycles. The Morgan fingerprint density at radius 2 is 1.51 bits per heavy atom. The summed E-state index contributed by atoms with van der Waals surface area (Å²) in [6, 6.07) is 15.4. The first-order chi connectivity index (χ1) is 16.9. The third-order valence-electron chi connectivity index (χ3n) is 6.33. The van der Waals surface area contributed by atoms with Crippen molar-refractivity contribution in [2.24, 2.45) is 0 Å². The van der Waals surface area contributed by atoms with Gasteiger partial charge in [0.25, 0.3) is 23.3 Å². The van der Waals surface area contributed by atoms with Crippen LogP contribution in [-0.4, -0.2) is 60.5 Å². The third-order valence-corrected chi connectivity index (χ3v) is 6.33. The van der Waals surface area contributed by atoms with E-state index in [1.807, 2.05) is 17.0 Å². The molecule has 0 bridgehead atoms. The van der Waals surface area contributed by atoms with Gasteiger partial charge in [0.2, 0.25) is 0 Å². The topological polar surface area (TPSA) is 127 Å². The molecule has 3 aromatic rings. The van der Waals surface area contributed by atoms with Crippen LogP contribution >= 0.6 is 0 Å². The average molecular weight is 473 g/mol. The van der Waals surface area contributed by atoms with Crippen LogP contribution in [0, 0.1) is 0 Å². The molecule has 0 unspecified atom stereocenters. The molecule has 35 heavy (non-hydrogen) atoms. The van der Waals surface area contributed by atoms with Gasteiger partial charge in [-0.3, -0.25) is 29.1 Å². The number of anilines is 2. The molecular weight excluding hydrogens is 450 g/mol. The Morgan fingerprint density at radius 1 is 0.886 bits per heavy atom. The molecular formula is C25H23N5O5. The van der Waals surface area contributed by atoms with Gasteiger partial charge in [0, 0.05) is 43.5 Å². The van der Waals surface area contributed by atoms with Gasteiger partial charge in [-0.25, -0.2) is 0 Å². The van der Waals surface area contributed by atoms with Gasteiger partial charge in [-0.2, -0.15) is 0 Å². The minimum Gasteiger partial charge on any atom is -0.497 e. The number of pyridine rings is 1. The largest absolute Gasteiger partial charge is 0.497 e. The minimum atomic E-state index is -0.624. The second-order valence-electron chi connectivity index (χ2n) is 8.30. The molecule has 2 aliphatic rings. The summed E-state index contributed by atoms with van der Waals surface area (Å²) in [5.41, 5.74) is 7.65. The highest BCUT2D eigenvalue weighted by atomic mass is 16.5. The number of benzene rings is 2. The van der Waals surface area contributed by atoms with E-state index < -0.39 is 17.4 Å². The molecule has 5 rings (SSSR count). The SMILES string of the molecule is COc1ccc(C(=O)N2CCN(c3ccc(-n4c(N)c5c(cc4=O)C(=O)NC5=O)cc3)CC2)cc1. The van der Waals surface area contributed by atoms with Gasteiger partial charge in [-0.1, -0.05) is 0 Å². The number of nitrogen functional groups attached to an aromatic ring is 1. The van der Waals surface area contributed by atoms with Crippen LogP contribution in [0.5, 0.6) is 5.75 Å². The zero-order chi connectivity index (χ0) is 24.7. The van der Waals surface area contributed by atoms with E-state index in [0.29, 0.717) is 43.2 Å². The van der Waals surface area contributed by atoms with Crippen LogP contribution in [-0.2, 0) is 0 Å². The number of amides is 3. The Hall–Kier alpha value is -4.60. The lowest BCUT2D eigenvalue weighted by Gasteiger charge is -2.36. The van der Waals surface area contributed by atoms with Crippen LogP contribution in [0.2, 0.25) is 0 Å². The fourth-order valence-electron chi connectivity index (χ4n) is 4.44. The molecule has 1 saturated heterocycles. The number of rotatable bonds is 4. The summed E-state index contributed by atoms with van der Waals surface area (Å²) in [5, 5.41) is 2.16. The Balaban J connectivity index is 1.30. The Morgan fingerprint density at radius 3 is 2.14 bits per heavy atom. The molecule has 0 aliphatic carbocycles. The van der Waals surface area contributed by atoms with Crippen LogP contribution < -0.4 is 26.2 Å². The van der Waals surface area contributed by atoms with Gasteiger partial charge in [0.15, 0.2) is 0 Å². The predicted octanol–water partition coefficient (Wildman–Crippen LogP) is 1.27. The number of methoxy groups -OCH3 is 1. The maximum Gasteiger partial charge on any atom is 0.262 e. The second-order valence-corrected chi connectivity index (χ2v) is 8.30. The molecule has 1 fully saturated rings. The molecule has 0 radical (unpaired) electrons. The van der Waals surface area contributed by atoms with Crippen molar-refractivity contribution in [3.05, 3.63) is 81.6 Å². The zero-order valence-electron chi connectivity index (χ0n) is 19.0. The first-order valence-electron chi connectivity index (χ1n) is 11.1.